The summed E-state index contributed by atoms with van der Waals surface area (Å²) in [6.07, 6.45) is 1.45. The van der Waals surface area contributed by atoms with E-state index in [-0.39, 0.29) is 17.3 Å². The van der Waals surface area contributed by atoms with E-state index in [2.05, 4.69) is 21.2 Å². The number of non-ortho nitro benzene ring substituents is 1. The fourth-order valence-electron chi connectivity index (χ4n) is 2.55. The fraction of sp³-hybridized carbons (Fsp3) is 0.200. The van der Waals surface area contributed by atoms with Gasteiger partial charge < -0.3 is 10.2 Å². The highest BCUT2D eigenvalue weighted by Crippen LogP contribution is 2.17. The lowest BCUT2D eigenvalue weighted by molar-refractivity contribution is -0.384. The van der Waals surface area contributed by atoms with Crippen LogP contribution in [0.3, 0.4) is 0 Å². The second-order valence-electron chi connectivity index (χ2n) is 5.85. The van der Waals surface area contributed by atoms with Crippen molar-refractivity contribution in [3.63, 3.8) is 0 Å². The van der Waals surface area contributed by atoms with E-state index in [9.17, 15) is 19.7 Å². The van der Waals surface area contributed by atoms with Crippen LogP contribution >= 0.6 is 15.9 Å². The van der Waals surface area contributed by atoms with E-state index in [1.165, 1.54) is 24.3 Å². The molecule has 0 unspecified atom stereocenters. The summed E-state index contributed by atoms with van der Waals surface area (Å²) in [5.74, 6) is -0.807. The molecular weight excluding hydrogens is 426 g/mol. The molecule has 2 aromatic rings. The van der Waals surface area contributed by atoms with Crippen LogP contribution in [-0.4, -0.2) is 34.7 Å². The Morgan fingerprint density at radius 1 is 1.14 bits per heavy atom. The van der Waals surface area contributed by atoms with Crippen molar-refractivity contribution < 1.29 is 14.5 Å². The molecule has 0 heterocycles. The zero-order valence-corrected chi connectivity index (χ0v) is 17.1. The molecule has 2 rings (SSSR count). The van der Waals surface area contributed by atoms with Crippen LogP contribution in [0, 0.1) is 10.1 Å². The van der Waals surface area contributed by atoms with Crippen LogP contribution < -0.4 is 5.32 Å². The van der Waals surface area contributed by atoms with E-state index in [0.29, 0.717) is 24.2 Å². The van der Waals surface area contributed by atoms with Gasteiger partial charge in [-0.15, -0.1) is 0 Å². The maximum Gasteiger partial charge on any atom is 0.270 e. The van der Waals surface area contributed by atoms with E-state index >= 15 is 0 Å². The highest BCUT2D eigenvalue weighted by molar-refractivity contribution is 9.10. The molecular formula is C20H20BrN3O4. The molecule has 0 aromatic heterocycles. The summed E-state index contributed by atoms with van der Waals surface area (Å²) >= 11 is 3.31. The number of hydrogen-bond donors (Lipinski definition) is 1. The zero-order valence-electron chi connectivity index (χ0n) is 15.5. The predicted octanol–water partition coefficient (Wildman–Crippen LogP) is 4.00. The molecule has 7 nitrogen and oxygen atoms in total. The lowest BCUT2D eigenvalue weighted by Gasteiger charge is -2.21. The van der Waals surface area contributed by atoms with Crippen molar-refractivity contribution in [3.05, 3.63) is 79.9 Å². The Hall–Kier alpha value is -3.00. The van der Waals surface area contributed by atoms with Gasteiger partial charge in [-0.2, -0.15) is 0 Å². The number of nitrogens with zero attached hydrogens (tertiary/aromatic N) is 2. The van der Waals surface area contributed by atoms with Crippen LogP contribution in [0.5, 0.6) is 0 Å². The molecule has 2 amide bonds. The normalized spacial score (nSPS) is 11.0. The number of likely N-dealkylation sites (N-methyl/N-ethyl adjacent to an activating group) is 1. The molecule has 0 radical (unpaired) electrons. The molecule has 0 aliphatic carbocycles. The number of amides is 2. The molecule has 2 aromatic carbocycles. The van der Waals surface area contributed by atoms with E-state index in [0.717, 1.165) is 4.47 Å². The van der Waals surface area contributed by atoms with Gasteiger partial charge in [0.2, 0.25) is 0 Å². The Kier molecular flexibility index (Phi) is 7.45. The highest BCUT2D eigenvalue weighted by Gasteiger charge is 2.19. The first-order valence-corrected chi connectivity index (χ1v) is 9.47. The third kappa shape index (κ3) is 5.50. The molecule has 0 saturated heterocycles. The molecule has 146 valence electrons. The number of hydrogen-bond acceptors (Lipinski definition) is 4. The standard InChI is InChI=1S/C20H20BrN3O4/c1-3-23(4-2)20(26)18(12-14-7-5-10-17(11-14)24(27)28)22-19(25)15-8-6-9-16(21)13-15/h5-13H,3-4H2,1-2H3,(H,22,25). The Balaban J connectivity index is 2.42. The Morgan fingerprint density at radius 2 is 1.82 bits per heavy atom. The molecule has 8 heteroatoms. The molecule has 0 aliphatic rings. The van der Waals surface area contributed by atoms with E-state index < -0.39 is 10.8 Å². The van der Waals surface area contributed by atoms with E-state index in [4.69, 9.17) is 0 Å². The third-order valence-electron chi connectivity index (χ3n) is 4.01. The number of nitrogens with one attached hydrogen (secondary N) is 1. The van der Waals surface area contributed by atoms with Gasteiger partial charge in [-0.05, 0) is 43.7 Å². The van der Waals surface area contributed by atoms with Gasteiger partial charge in [0, 0.05) is 35.3 Å². The maximum atomic E-state index is 12.9. The Bertz CT molecular complexity index is 923. The summed E-state index contributed by atoms with van der Waals surface area (Å²) in [5.41, 5.74) is 0.779. The second-order valence-corrected chi connectivity index (χ2v) is 6.77. The van der Waals surface area contributed by atoms with Gasteiger partial charge in [0.1, 0.15) is 5.70 Å². The quantitative estimate of drug-likeness (QED) is 0.396. The smallest absolute Gasteiger partial charge is 0.270 e. The summed E-state index contributed by atoms with van der Waals surface area (Å²) in [5, 5.41) is 13.7. The van der Waals surface area contributed by atoms with Crippen LogP contribution in [0.1, 0.15) is 29.8 Å². The molecule has 0 aliphatic heterocycles. The van der Waals surface area contributed by atoms with Gasteiger partial charge >= 0.3 is 0 Å². The van der Waals surface area contributed by atoms with E-state index in [1.54, 1.807) is 35.2 Å². The molecule has 28 heavy (non-hydrogen) atoms. The second kappa shape index (κ2) is 9.80. The van der Waals surface area contributed by atoms with Gasteiger partial charge in [-0.1, -0.05) is 34.1 Å². The summed E-state index contributed by atoms with van der Waals surface area (Å²) in [4.78, 5) is 37.5. The first kappa shape index (κ1) is 21.3. The largest absolute Gasteiger partial charge is 0.338 e. The minimum absolute atomic E-state index is 0.0502. The van der Waals surface area contributed by atoms with Gasteiger partial charge in [0.05, 0.1) is 4.92 Å². The van der Waals surface area contributed by atoms with Crippen molar-refractivity contribution >= 4 is 39.5 Å². The maximum absolute atomic E-state index is 12.9. The minimum atomic E-state index is -0.511. The van der Waals surface area contributed by atoms with Gasteiger partial charge in [-0.25, -0.2) is 0 Å². The van der Waals surface area contributed by atoms with Gasteiger partial charge in [0.15, 0.2) is 0 Å². The van der Waals surface area contributed by atoms with Crippen molar-refractivity contribution in [3.8, 4) is 0 Å². The predicted molar refractivity (Wildman–Crippen MR) is 111 cm³/mol. The van der Waals surface area contributed by atoms with Crippen molar-refractivity contribution in [1.29, 1.82) is 0 Å². The molecule has 0 bridgehead atoms. The number of nitro benzene ring substituents is 1. The average Bonchev–Trinajstić information content (AvgIpc) is 2.68. The van der Waals surface area contributed by atoms with Crippen molar-refractivity contribution in [2.75, 3.05) is 13.1 Å². The Morgan fingerprint density at radius 3 is 2.43 bits per heavy atom. The SMILES string of the molecule is CCN(CC)C(=O)C(=Cc1cccc([N+](=O)[O-])c1)NC(=O)c1cccc(Br)c1. The van der Waals surface area contributed by atoms with Crippen LogP contribution in [0.15, 0.2) is 58.7 Å². The topological polar surface area (TPSA) is 92.6 Å². The number of nitro groups is 1. The lowest BCUT2D eigenvalue weighted by Crippen LogP contribution is -2.38. The van der Waals surface area contributed by atoms with E-state index in [1.807, 2.05) is 13.8 Å². The van der Waals surface area contributed by atoms with Crippen LogP contribution in [0.2, 0.25) is 0 Å². The summed E-state index contributed by atoms with van der Waals surface area (Å²) in [6, 6.07) is 12.7. The summed E-state index contributed by atoms with van der Waals surface area (Å²) in [6.45, 7) is 4.60. The molecule has 0 atom stereocenters. The minimum Gasteiger partial charge on any atom is -0.338 e. The first-order chi connectivity index (χ1) is 13.3. The molecule has 1 N–H and O–H groups in total. The van der Waals surface area contributed by atoms with Crippen molar-refractivity contribution in [2.45, 2.75) is 13.8 Å². The van der Waals surface area contributed by atoms with Gasteiger partial charge in [0.25, 0.3) is 17.5 Å². The zero-order chi connectivity index (χ0) is 20.7. The number of carbonyl (C=O) groups excluding carboxylic acids is 2. The first-order valence-electron chi connectivity index (χ1n) is 8.68. The summed E-state index contributed by atoms with van der Waals surface area (Å²) < 4.78 is 0.736. The number of halogens is 1. The lowest BCUT2D eigenvalue weighted by atomic mass is 10.1. The molecule has 0 fully saturated rings. The molecule has 0 saturated carbocycles. The number of benzene rings is 2. The van der Waals surface area contributed by atoms with Crippen LogP contribution in [-0.2, 0) is 4.79 Å². The van der Waals surface area contributed by atoms with Crippen LogP contribution in [0.4, 0.5) is 5.69 Å². The fourth-order valence-corrected chi connectivity index (χ4v) is 2.95. The third-order valence-corrected chi connectivity index (χ3v) is 4.50. The Labute approximate surface area is 171 Å². The number of rotatable bonds is 7. The summed E-state index contributed by atoms with van der Waals surface area (Å²) in [7, 11) is 0. The average molecular weight is 446 g/mol. The molecule has 0 spiro atoms. The number of carbonyl (C=O) groups is 2. The highest BCUT2D eigenvalue weighted by atomic mass is 79.9. The van der Waals surface area contributed by atoms with Crippen molar-refractivity contribution in [1.82, 2.24) is 10.2 Å². The van der Waals surface area contributed by atoms with Crippen molar-refractivity contribution in [2.24, 2.45) is 0 Å². The van der Waals surface area contributed by atoms with Gasteiger partial charge in [-0.3, -0.25) is 19.7 Å². The van der Waals surface area contributed by atoms with Crippen LogP contribution in [0.25, 0.3) is 6.08 Å². The monoisotopic (exact) mass is 445 g/mol.